The Hall–Kier alpha value is -2.08. The Morgan fingerprint density at radius 3 is 2.39 bits per heavy atom. The fourth-order valence-corrected chi connectivity index (χ4v) is 3.49. The number of nitrogens with one attached hydrogen (secondary N) is 2. The molecule has 1 heterocycles. The molecular formula is C22H37N5O. The number of piperidine rings is 1. The van der Waals surface area contributed by atoms with Crippen LogP contribution >= 0.6 is 0 Å². The second-order valence-corrected chi connectivity index (χ2v) is 7.76. The van der Waals surface area contributed by atoms with Gasteiger partial charge in [-0.25, -0.2) is 4.99 Å². The van der Waals surface area contributed by atoms with Gasteiger partial charge >= 0.3 is 0 Å². The van der Waals surface area contributed by atoms with Crippen LogP contribution in [-0.4, -0.2) is 68.5 Å². The molecule has 0 atom stereocenters. The summed E-state index contributed by atoms with van der Waals surface area (Å²) in [5.41, 5.74) is 1.80. The third kappa shape index (κ3) is 7.15. The summed E-state index contributed by atoms with van der Waals surface area (Å²) in [5, 5.41) is 6.85. The molecule has 1 saturated heterocycles. The highest BCUT2D eigenvalue weighted by Crippen LogP contribution is 2.16. The lowest BCUT2D eigenvalue weighted by Gasteiger charge is -2.32. The first-order valence-corrected chi connectivity index (χ1v) is 10.6. The summed E-state index contributed by atoms with van der Waals surface area (Å²) in [5.74, 6) is 1.61. The molecule has 0 aliphatic carbocycles. The number of amides is 1. The molecule has 0 saturated carbocycles. The second kappa shape index (κ2) is 11.7. The molecule has 1 amide bonds. The SMILES string of the molecule is CCCN1CCC(CNC(=NCc2ccc(C(=O)N(C)C)cc2)NCC)CC1. The summed E-state index contributed by atoms with van der Waals surface area (Å²) in [6.07, 6.45) is 3.76. The summed E-state index contributed by atoms with van der Waals surface area (Å²) in [6.45, 7) is 10.4. The van der Waals surface area contributed by atoms with Crippen LogP contribution in [0.15, 0.2) is 29.3 Å². The van der Waals surface area contributed by atoms with Crippen molar-refractivity contribution < 1.29 is 4.79 Å². The lowest BCUT2D eigenvalue weighted by atomic mass is 9.97. The third-order valence-corrected chi connectivity index (χ3v) is 5.18. The monoisotopic (exact) mass is 387 g/mol. The molecule has 0 radical (unpaired) electrons. The van der Waals surface area contributed by atoms with Gasteiger partial charge in [0.1, 0.15) is 0 Å². The van der Waals surface area contributed by atoms with Gasteiger partial charge in [-0.1, -0.05) is 19.1 Å². The van der Waals surface area contributed by atoms with E-state index in [0.29, 0.717) is 18.0 Å². The van der Waals surface area contributed by atoms with E-state index in [1.54, 1.807) is 19.0 Å². The van der Waals surface area contributed by atoms with Crippen LogP contribution in [0.5, 0.6) is 0 Å². The highest BCUT2D eigenvalue weighted by atomic mass is 16.2. The number of carbonyl (C=O) groups is 1. The maximum atomic E-state index is 12.0. The zero-order valence-electron chi connectivity index (χ0n) is 18.0. The molecular weight excluding hydrogens is 350 g/mol. The van der Waals surface area contributed by atoms with Crippen LogP contribution in [0.3, 0.4) is 0 Å². The molecule has 2 rings (SSSR count). The van der Waals surface area contributed by atoms with Crippen LogP contribution in [0.4, 0.5) is 0 Å². The molecule has 1 fully saturated rings. The topological polar surface area (TPSA) is 60.0 Å². The number of aliphatic imine (C=N–C) groups is 1. The largest absolute Gasteiger partial charge is 0.357 e. The molecule has 156 valence electrons. The Morgan fingerprint density at radius 2 is 1.82 bits per heavy atom. The maximum Gasteiger partial charge on any atom is 0.253 e. The quantitative estimate of drug-likeness (QED) is 0.532. The number of guanidine groups is 1. The van der Waals surface area contributed by atoms with Gasteiger partial charge in [-0.15, -0.1) is 0 Å². The molecule has 1 aromatic carbocycles. The van der Waals surface area contributed by atoms with E-state index in [1.807, 2.05) is 24.3 Å². The van der Waals surface area contributed by atoms with Gasteiger partial charge in [-0.2, -0.15) is 0 Å². The first-order valence-electron chi connectivity index (χ1n) is 10.6. The zero-order valence-corrected chi connectivity index (χ0v) is 18.0. The minimum Gasteiger partial charge on any atom is -0.357 e. The smallest absolute Gasteiger partial charge is 0.253 e. The molecule has 1 aliphatic heterocycles. The second-order valence-electron chi connectivity index (χ2n) is 7.76. The van der Waals surface area contributed by atoms with Crippen molar-refractivity contribution in [1.29, 1.82) is 0 Å². The summed E-state index contributed by atoms with van der Waals surface area (Å²) in [4.78, 5) is 20.8. The van der Waals surface area contributed by atoms with E-state index in [-0.39, 0.29) is 5.91 Å². The predicted octanol–water partition coefficient (Wildman–Crippen LogP) is 2.57. The van der Waals surface area contributed by atoms with Crippen LogP contribution < -0.4 is 10.6 Å². The van der Waals surface area contributed by atoms with Gasteiger partial charge in [-0.05, 0) is 69.4 Å². The van der Waals surface area contributed by atoms with Gasteiger partial charge in [0.25, 0.3) is 5.91 Å². The molecule has 0 spiro atoms. The highest BCUT2D eigenvalue weighted by Gasteiger charge is 2.18. The van der Waals surface area contributed by atoms with Gasteiger partial charge in [0.15, 0.2) is 5.96 Å². The summed E-state index contributed by atoms with van der Waals surface area (Å²) < 4.78 is 0. The van der Waals surface area contributed by atoms with E-state index < -0.39 is 0 Å². The van der Waals surface area contributed by atoms with Crippen molar-refractivity contribution in [2.45, 2.75) is 39.7 Å². The lowest BCUT2D eigenvalue weighted by molar-refractivity contribution is 0.0827. The van der Waals surface area contributed by atoms with Crippen molar-refractivity contribution >= 4 is 11.9 Å². The normalized spacial score (nSPS) is 16.1. The zero-order chi connectivity index (χ0) is 20.4. The third-order valence-electron chi connectivity index (χ3n) is 5.18. The van der Waals surface area contributed by atoms with E-state index in [0.717, 1.165) is 24.6 Å². The fraction of sp³-hybridized carbons (Fsp3) is 0.636. The number of carbonyl (C=O) groups excluding carboxylic acids is 1. The molecule has 1 aromatic rings. The Balaban J connectivity index is 1.84. The number of rotatable bonds is 8. The fourth-order valence-electron chi connectivity index (χ4n) is 3.49. The van der Waals surface area contributed by atoms with Gasteiger partial charge in [-0.3, -0.25) is 4.79 Å². The average Bonchev–Trinajstić information content (AvgIpc) is 2.71. The van der Waals surface area contributed by atoms with Gasteiger partial charge in [0.2, 0.25) is 0 Å². The van der Waals surface area contributed by atoms with Crippen LogP contribution in [0.2, 0.25) is 0 Å². The van der Waals surface area contributed by atoms with Crippen molar-refractivity contribution in [3.8, 4) is 0 Å². The number of benzene rings is 1. The predicted molar refractivity (Wildman–Crippen MR) is 117 cm³/mol. The van der Waals surface area contributed by atoms with E-state index >= 15 is 0 Å². The van der Waals surface area contributed by atoms with Crippen molar-refractivity contribution in [3.05, 3.63) is 35.4 Å². The van der Waals surface area contributed by atoms with Gasteiger partial charge < -0.3 is 20.4 Å². The molecule has 28 heavy (non-hydrogen) atoms. The maximum absolute atomic E-state index is 12.0. The summed E-state index contributed by atoms with van der Waals surface area (Å²) >= 11 is 0. The minimum absolute atomic E-state index is 0.0232. The van der Waals surface area contributed by atoms with E-state index in [2.05, 4.69) is 29.4 Å². The van der Waals surface area contributed by atoms with Crippen LogP contribution in [0.1, 0.15) is 49.0 Å². The number of hydrogen-bond donors (Lipinski definition) is 2. The minimum atomic E-state index is 0.0232. The Kier molecular flexibility index (Phi) is 9.28. The van der Waals surface area contributed by atoms with E-state index in [9.17, 15) is 4.79 Å². The summed E-state index contributed by atoms with van der Waals surface area (Å²) in [7, 11) is 3.53. The van der Waals surface area contributed by atoms with Crippen molar-refractivity contribution in [1.82, 2.24) is 20.4 Å². The highest BCUT2D eigenvalue weighted by molar-refractivity contribution is 5.93. The van der Waals surface area contributed by atoms with Gasteiger partial charge in [0.05, 0.1) is 6.54 Å². The number of hydrogen-bond acceptors (Lipinski definition) is 3. The molecule has 6 nitrogen and oxygen atoms in total. The molecule has 0 bridgehead atoms. The summed E-state index contributed by atoms with van der Waals surface area (Å²) in [6, 6.07) is 7.70. The first-order chi connectivity index (χ1) is 13.5. The standard InChI is InChI=1S/C22H37N5O/c1-5-13-27-14-11-19(12-15-27)17-25-22(23-6-2)24-16-18-7-9-20(10-8-18)21(28)26(3)4/h7-10,19H,5-6,11-17H2,1-4H3,(H2,23,24,25). The number of likely N-dealkylation sites (tertiary alicyclic amines) is 1. The molecule has 2 N–H and O–H groups in total. The molecule has 0 aromatic heterocycles. The van der Waals surface area contributed by atoms with Crippen molar-refractivity contribution in [3.63, 3.8) is 0 Å². The first kappa shape index (κ1) is 22.2. The Bertz CT molecular complexity index is 618. The molecule has 6 heteroatoms. The Labute approximate surface area is 170 Å². The Morgan fingerprint density at radius 1 is 1.14 bits per heavy atom. The molecule has 0 unspecified atom stereocenters. The number of nitrogens with zero attached hydrogens (tertiary/aromatic N) is 3. The van der Waals surface area contributed by atoms with Crippen LogP contribution in [0.25, 0.3) is 0 Å². The van der Waals surface area contributed by atoms with E-state index in [1.165, 1.54) is 38.9 Å². The van der Waals surface area contributed by atoms with Gasteiger partial charge in [0, 0.05) is 32.7 Å². The van der Waals surface area contributed by atoms with Crippen molar-refractivity contribution in [2.24, 2.45) is 10.9 Å². The van der Waals surface area contributed by atoms with E-state index in [4.69, 9.17) is 4.99 Å². The molecule has 1 aliphatic rings. The van der Waals surface area contributed by atoms with Crippen molar-refractivity contribution in [2.75, 3.05) is 46.8 Å². The average molecular weight is 388 g/mol. The lowest BCUT2D eigenvalue weighted by Crippen LogP contribution is -2.43. The van der Waals surface area contributed by atoms with Crippen LogP contribution in [-0.2, 0) is 6.54 Å². The van der Waals surface area contributed by atoms with Crippen LogP contribution in [0, 0.1) is 5.92 Å².